The fourth-order valence-corrected chi connectivity index (χ4v) is 7.80. The molecular formula is C24H14S4. The third kappa shape index (κ3) is 2.85. The van der Waals surface area contributed by atoms with Crippen LogP contribution < -0.4 is 0 Å². The van der Waals surface area contributed by atoms with Crippen molar-refractivity contribution < 1.29 is 0 Å². The second-order valence-corrected chi connectivity index (χ2v) is 11.0. The minimum Gasteiger partial charge on any atom is -0.134 e. The zero-order valence-electron chi connectivity index (χ0n) is 14.7. The van der Waals surface area contributed by atoms with Crippen molar-refractivity contribution in [3.05, 3.63) is 84.9 Å². The van der Waals surface area contributed by atoms with Gasteiger partial charge in [-0.15, -0.1) is 45.3 Å². The van der Waals surface area contributed by atoms with E-state index < -0.39 is 0 Å². The average Bonchev–Trinajstić information content (AvgIpc) is 3.52. The largest absolute Gasteiger partial charge is 0.134 e. The summed E-state index contributed by atoms with van der Waals surface area (Å²) in [4.78, 5) is 8.13. The van der Waals surface area contributed by atoms with Gasteiger partial charge in [-0.3, -0.25) is 0 Å². The van der Waals surface area contributed by atoms with Crippen LogP contribution in [0.25, 0.3) is 49.4 Å². The number of hydrogen-bond acceptors (Lipinski definition) is 4. The predicted molar refractivity (Wildman–Crippen MR) is 129 cm³/mol. The van der Waals surface area contributed by atoms with Crippen LogP contribution in [0.2, 0.25) is 0 Å². The van der Waals surface area contributed by atoms with Crippen molar-refractivity contribution in [1.29, 1.82) is 0 Å². The summed E-state index contributed by atoms with van der Waals surface area (Å²) in [5, 5.41) is 2.67. The van der Waals surface area contributed by atoms with Crippen molar-refractivity contribution in [1.82, 2.24) is 0 Å². The van der Waals surface area contributed by atoms with E-state index >= 15 is 0 Å². The molecule has 0 N–H and O–H groups in total. The average molecular weight is 431 g/mol. The van der Waals surface area contributed by atoms with E-state index in [0.29, 0.717) is 0 Å². The van der Waals surface area contributed by atoms with E-state index in [-0.39, 0.29) is 0 Å². The third-order valence-electron chi connectivity index (χ3n) is 4.79. The van der Waals surface area contributed by atoms with Gasteiger partial charge in [-0.25, -0.2) is 0 Å². The van der Waals surface area contributed by atoms with Crippen LogP contribution in [0.1, 0.15) is 0 Å². The van der Waals surface area contributed by atoms with Gasteiger partial charge in [0.05, 0.1) is 0 Å². The Morgan fingerprint density at radius 3 is 1.18 bits per heavy atom. The Morgan fingerprint density at radius 1 is 0.357 bits per heavy atom. The van der Waals surface area contributed by atoms with Gasteiger partial charge in [-0.1, -0.05) is 36.4 Å². The number of hydrogen-bond donors (Lipinski definition) is 0. The number of benzene rings is 2. The maximum absolute atomic E-state index is 2.31. The molecule has 0 saturated carbocycles. The molecule has 2 aromatic carbocycles. The van der Waals surface area contributed by atoms with Gasteiger partial charge in [0.25, 0.3) is 0 Å². The molecule has 0 spiro atoms. The maximum Gasteiger partial charge on any atom is 0.0455 e. The second-order valence-electron chi connectivity index (χ2n) is 6.62. The molecule has 0 aliphatic carbocycles. The lowest BCUT2D eigenvalue weighted by Crippen LogP contribution is -1.59. The molecule has 134 valence electrons. The summed E-state index contributed by atoms with van der Waals surface area (Å²) < 4.78 is 2.71. The fourth-order valence-electron chi connectivity index (χ4n) is 3.41. The van der Waals surface area contributed by atoms with E-state index in [4.69, 9.17) is 0 Å². The molecule has 0 unspecified atom stereocenters. The van der Waals surface area contributed by atoms with Crippen molar-refractivity contribution in [3.63, 3.8) is 0 Å². The van der Waals surface area contributed by atoms with Crippen molar-refractivity contribution in [3.8, 4) is 29.3 Å². The Bertz CT molecular complexity index is 1250. The zero-order valence-corrected chi connectivity index (χ0v) is 18.0. The molecule has 0 fully saturated rings. The SMILES string of the molecule is c1ccc2sc(-c3ccc(-c4ccc(-c5cc6ccccc6s5)s4)s3)cc2c1. The van der Waals surface area contributed by atoms with Crippen LogP contribution in [0.5, 0.6) is 0 Å². The molecule has 4 heterocycles. The van der Waals surface area contributed by atoms with Crippen molar-refractivity contribution in [2.45, 2.75) is 0 Å². The zero-order chi connectivity index (χ0) is 18.5. The summed E-state index contributed by atoms with van der Waals surface area (Å²) in [6, 6.07) is 30.9. The van der Waals surface area contributed by atoms with Crippen LogP contribution in [-0.4, -0.2) is 0 Å². The lowest BCUT2D eigenvalue weighted by molar-refractivity contribution is 1.85. The Kier molecular flexibility index (Phi) is 3.98. The quantitative estimate of drug-likeness (QED) is 0.262. The highest BCUT2D eigenvalue weighted by Crippen LogP contribution is 2.44. The van der Waals surface area contributed by atoms with Crippen LogP contribution >= 0.6 is 45.3 Å². The van der Waals surface area contributed by atoms with E-state index in [9.17, 15) is 0 Å². The smallest absolute Gasteiger partial charge is 0.0455 e. The van der Waals surface area contributed by atoms with Gasteiger partial charge in [0.15, 0.2) is 0 Å². The Hall–Kier alpha value is -2.24. The van der Waals surface area contributed by atoms with Gasteiger partial charge in [-0.05, 0) is 59.3 Å². The summed E-state index contributed by atoms with van der Waals surface area (Å²) in [6.45, 7) is 0. The highest BCUT2D eigenvalue weighted by atomic mass is 32.1. The molecule has 4 heteroatoms. The molecule has 0 amide bonds. The Morgan fingerprint density at radius 2 is 0.750 bits per heavy atom. The van der Waals surface area contributed by atoms with Gasteiger partial charge in [0.1, 0.15) is 0 Å². The number of rotatable bonds is 3. The summed E-state index contributed by atoms with van der Waals surface area (Å²) in [7, 11) is 0. The van der Waals surface area contributed by atoms with Gasteiger partial charge in [-0.2, -0.15) is 0 Å². The van der Waals surface area contributed by atoms with Crippen molar-refractivity contribution in [2.24, 2.45) is 0 Å². The minimum absolute atomic E-state index is 1.33. The third-order valence-corrected chi connectivity index (χ3v) is 9.78. The molecule has 0 radical (unpaired) electrons. The molecule has 4 aromatic heterocycles. The van der Waals surface area contributed by atoms with Gasteiger partial charge < -0.3 is 0 Å². The van der Waals surface area contributed by atoms with Crippen molar-refractivity contribution in [2.75, 3.05) is 0 Å². The van der Waals surface area contributed by atoms with Crippen molar-refractivity contribution >= 4 is 65.5 Å². The molecule has 28 heavy (non-hydrogen) atoms. The highest BCUT2D eigenvalue weighted by Gasteiger charge is 2.12. The van der Waals surface area contributed by atoms with E-state index in [2.05, 4.69) is 84.9 Å². The maximum atomic E-state index is 2.31. The van der Waals surface area contributed by atoms with Crippen LogP contribution in [0.15, 0.2) is 84.9 Å². The summed E-state index contributed by atoms with van der Waals surface area (Å²) in [5.74, 6) is 0. The predicted octanol–water partition coefficient (Wildman–Crippen LogP) is 9.24. The monoisotopic (exact) mass is 430 g/mol. The molecule has 6 aromatic rings. The standard InChI is InChI=1S/C24H14S4/c1-3-7-17-15(5-1)13-23(25-17)21-11-9-19(27-21)20-10-12-22(28-20)24-14-16-6-2-4-8-18(16)26-24/h1-14H. The number of thiophene rings is 4. The van der Waals surface area contributed by atoms with Crippen LogP contribution in [0, 0.1) is 0 Å². The number of fused-ring (bicyclic) bond motifs is 2. The first-order valence-corrected chi connectivity index (χ1v) is 12.3. The fraction of sp³-hybridized carbons (Fsp3) is 0. The molecule has 0 aliphatic rings. The first kappa shape index (κ1) is 16.7. The Balaban J connectivity index is 1.35. The van der Waals surface area contributed by atoms with E-state index in [0.717, 1.165) is 0 Å². The summed E-state index contributed by atoms with van der Waals surface area (Å²) in [5.41, 5.74) is 0. The molecular weight excluding hydrogens is 417 g/mol. The first-order chi connectivity index (χ1) is 13.8. The topological polar surface area (TPSA) is 0 Å². The molecule has 6 rings (SSSR count). The Labute approximate surface area is 179 Å². The highest BCUT2D eigenvalue weighted by molar-refractivity contribution is 7.30. The van der Waals surface area contributed by atoms with E-state index in [1.165, 1.54) is 49.4 Å². The molecule has 0 nitrogen and oxygen atoms in total. The summed E-state index contributed by atoms with van der Waals surface area (Å²) in [6.07, 6.45) is 0. The first-order valence-electron chi connectivity index (χ1n) is 9.01. The van der Waals surface area contributed by atoms with Gasteiger partial charge in [0, 0.05) is 38.7 Å². The second kappa shape index (κ2) is 6.68. The minimum atomic E-state index is 1.33. The van der Waals surface area contributed by atoms with Crippen LogP contribution in [-0.2, 0) is 0 Å². The molecule has 0 saturated heterocycles. The van der Waals surface area contributed by atoms with E-state index in [1.54, 1.807) is 0 Å². The van der Waals surface area contributed by atoms with Gasteiger partial charge >= 0.3 is 0 Å². The van der Waals surface area contributed by atoms with Crippen LogP contribution in [0.3, 0.4) is 0 Å². The van der Waals surface area contributed by atoms with Gasteiger partial charge in [0.2, 0.25) is 0 Å². The van der Waals surface area contributed by atoms with Crippen LogP contribution in [0.4, 0.5) is 0 Å². The molecule has 0 atom stereocenters. The molecule has 0 aliphatic heterocycles. The molecule has 0 bridgehead atoms. The summed E-state index contributed by atoms with van der Waals surface area (Å²) >= 11 is 7.54. The van der Waals surface area contributed by atoms with E-state index in [1.807, 2.05) is 45.3 Å². The normalized spacial score (nSPS) is 11.6. The lowest BCUT2D eigenvalue weighted by atomic mass is 10.2. The lowest BCUT2D eigenvalue weighted by Gasteiger charge is -1.91.